The molecule has 0 saturated carbocycles. The highest BCUT2D eigenvalue weighted by molar-refractivity contribution is 9.09. The predicted octanol–water partition coefficient (Wildman–Crippen LogP) is 0.338. The number of nitrogens with two attached hydrogens (primary N) is 1. The van der Waals surface area contributed by atoms with E-state index in [-0.39, 0.29) is 4.95 Å². The van der Waals surface area contributed by atoms with Crippen LogP contribution in [0.1, 0.15) is 0 Å². The van der Waals surface area contributed by atoms with Gasteiger partial charge in [-0.05, 0) is 12.2 Å². The lowest BCUT2D eigenvalue weighted by Gasteiger charge is -2.19. The van der Waals surface area contributed by atoms with Gasteiger partial charge in [0.15, 0.2) is 0 Å². The molecule has 60 valence electrons. The van der Waals surface area contributed by atoms with Crippen LogP contribution in [0.3, 0.4) is 0 Å². The first-order valence-electron chi connectivity index (χ1n) is 2.92. The van der Waals surface area contributed by atoms with Gasteiger partial charge in [-0.2, -0.15) is 0 Å². The number of nitrogens with zero attached hydrogens (tertiary/aromatic N) is 1. The molecule has 0 radical (unpaired) electrons. The van der Waals surface area contributed by atoms with Gasteiger partial charge in [-0.15, -0.1) is 0 Å². The van der Waals surface area contributed by atoms with Crippen molar-refractivity contribution >= 4 is 21.8 Å². The summed E-state index contributed by atoms with van der Waals surface area (Å²) in [4.78, 5) is 10.2. The Labute approximate surface area is 72.1 Å². The first kappa shape index (κ1) is 8.29. The van der Waals surface area contributed by atoms with Gasteiger partial charge in [0.2, 0.25) is 5.91 Å². The largest absolute Gasteiger partial charge is 0.366 e. The van der Waals surface area contributed by atoms with Gasteiger partial charge in [-0.3, -0.25) is 10.0 Å². The molecule has 1 unspecified atom stereocenters. The van der Waals surface area contributed by atoms with E-state index in [9.17, 15) is 4.79 Å². The topological polar surface area (TPSA) is 66.6 Å². The second-order valence-electron chi connectivity index (χ2n) is 2.05. The van der Waals surface area contributed by atoms with Gasteiger partial charge in [0.05, 0.1) is 0 Å². The third-order valence-corrected chi connectivity index (χ3v) is 1.95. The number of carbonyl (C=O) groups excluding carboxylic acids is 1. The van der Waals surface area contributed by atoms with Crippen molar-refractivity contribution in [3.8, 4) is 0 Å². The van der Waals surface area contributed by atoms with E-state index in [1.165, 1.54) is 18.4 Å². The molecule has 1 rings (SSSR count). The second kappa shape index (κ2) is 3.06. The zero-order chi connectivity index (χ0) is 8.43. The van der Waals surface area contributed by atoms with E-state index in [1.54, 1.807) is 0 Å². The molecule has 1 atom stereocenters. The van der Waals surface area contributed by atoms with Crippen LogP contribution in [0, 0.1) is 0 Å². The fourth-order valence-corrected chi connectivity index (χ4v) is 1.10. The molecular formula is C6H7BrN2O2. The maximum Gasteiger partial charge on any atom is 0.248 e. The number of alkyl halides is 1. The Morgan fingerprint density at radius 3 is 2.91 bits per heavy atom. The quantitative estimate of drug-likeness (QED) is 0.493. The van der Waals surface area contributed by atoms with Crippen LogP contribution in [0.2, 0.25) is 0 Å². The Morgan fingerprint density at radius 1 is 1.82 bits per heavy atom. The molecule has 4 nitrogen and oxygen atoms in total. The van der Waals surface area contributed by atoms with Crippen molar-refractivity contribution in [3.05, 3.63) is 23.9 Å². The molecule has 1 heterocycles. The first-order chi connectivity index (χ1) is 5.11. The van der Waals surface area contributed by atoms with Crippen molar-refractivity contribution in [2.45, 2.75) is 4.95 Å². The minimum absolute atomic E-state index is 0.380. The second-order valence-corrected chi connectivity index (χ2v) is 2.99. The van der Waals surface area contributed by atoms with Crippen molar-refractivity contribution in [2.75, 3.05) is 0 Å². The third-order valence-electron chi connectivity index (χ3n) is 1.26. The predicted molar refractivity (Wildman–Crippen MR) is 42.8 cm³/mol. The van der Waals surface area contributed by atoms with E-state index in [2.05, 4.69) is 15.9 Å². The molecule has 0 aromatic heterocycles. The minimum atomic E-state index is -0.501. The lowest BCUT2D eigenvalue weighted by Crippen LogP contribution is -2.25. The van der Waals surface area contributed by atoms with Crippen LogP contribution in [-0.4, -0.2) is 21.1 Å². The molecule has 0 aromatic carbocycles. The molecular weight excluding hydrogens is 212 g/mol. The number of rotatable bonds is 1. The van der Waals surface area contributed by atoms with Gasteiger partial charge in [-0.1, -0.05) is 15.9 Å². The fourth-order valence-electron chi connectivity index (χ4n) is 0.683. The molecule has 0 fully saturated rings. The van der Waals surface area contributed by atoms with Crippen LogP contribution in [0.25, 0.3) is 0 Å². The Hall–Kier alpha value is -0.810. The summed E-state index contributed by atoms with van der Waals surface area (Å²) >= 11 is 3.10. The summed E-state index contributed by atoms with van der Waals surface area (Å²) in [6.45, 7) is 0. The number of amides is 1. The Morgan fingerprint density at radius 2 is 2.45 bits per heavy atom. The molecule has 0 saturated heterocycles. The van der Waals surface area contributed by atoms with Gasteiger partial charge in [0.1, 0.15) is 4.95 Å². The summed E-state index contributed by atoms with van der Waals surface area (Å²) in [6.07, 6.45) is 4.32. The van der Waals surface area contributed by atoms with Crippen molar-refractivity contribution in [1.29, 1.82) is 0 Å². The molecule has 11 heavy (non-hydrogen) atoms. The lowest BCUT2D eigenvalue weighted by molar-refractivity contribution is -0.114. The zero-order valence-corrected chi connectivity index (χ0v) is 7.15. The van der Waals surface area contributed by atoms with Crippen LogP contribution < -0.4 is 5.73 Å². The Bertz CT molecular complexity index is 237. The number of halogens is 1. The van der Waals surface area contributed by atoms with E-state index in [4.69, 9.17) is 10.9 Å². The highest BCUT2D eigenvalue weighted by atomic mass is 79.9. The van der Waals surface area contributed by atoms with E-state index >= 15 is 0 Å². The Kier molecular flexibility index (Phi) is 2.31. The summed E-state index contributed by atoms with van der Waals surface area (Å²) in [5.41, 5.74) is 5.38. The molecule has 3 N–H and O–H groups in total. The SMILES string of the molecule is NC(=O)C1=CC(Br)N(O)C=C1. The number of primary amides is 1. The summed E-state index contributed by atoms with van der Waals surface area (Å²) in [5.74, 6) is -0.501. The Balaban J connectivity index is 2.80. The van der Waals surface area contributed by atoms with Gasteiger partial charge in [0.25, 0.3) is 0 Å². The molecule has 0 spiro atoms. The van der Waals surface area contributed by atoms with Crippen molar-refractivity contribution in [3.63, 3.8) is 0 Å². The summed E-state index contributed by atoms with van der Waals surface area (Å²) in [7, 11) is 0. The molecule has 0 bridgehead atoms. The first-order valence-corrected chi connectivity index (χ1v) is 3.84. The van der Waals surface area contributed by atoms with Crippen LogP contribution in [0.5, 0.6) is 0 Å². The fraction of sp³-hybridized carbons (Fsp3) is 0.167. The third kappa shape index (κ3) is 1.81. The highest BCUT2D eigenvalue weighted by Gasteiger charge is 2.14. The van der Waals surface area contributed by atoms with Gasteiger partial charge in [0, 0.05) is 11.8 Å². The van der Waals surface area contributed by atoms with E-state index in [0.717, 1.165) is 5.06 Å². The monoisotopic (exact) mass is 218 g/mol. The summed E-state index contributed by atoms with van der Waals surface area (Å²) < 4.78 is 0. The number of hydroxylamine groups is 2. The van der Waals surface area contributed by atoms with E-state index in [1.807, 2.05) is 0 Å². The van der Waals surface area contributed by atoms with Crippen LogP contribution in [0.15, 0.2) is 23.9 Å². The maximum absolute atomic E-state index is 10.6. The van der Waals surface area contributed by atoms with Crippen molar-refractivity contribution < 1.29 is 10.0 Å². The molecule has 0 aliphatic carbocycles. The van der Waals surface area contributed by atoms with E-state index < -0.39 is 5.91 Å². The zero-order valence-electron chi connectivity index (χ0n) is 5.57. The summed E-state index contributed by atoms with van der Waals surface area (Å²) in [5, 5.41) is 9.90. The smallest absolute Gasteiger partial charge is 0.248 e. The maximum atomic E-state index is 10.6. The summed E-state index contributed by atoms with van der Waals surface area (Å²) in [6, 6.07) is 0. The molecule has 5 heteroatoms. The highest BCUT2D eigenvalue weighted by Crippen LogP contribution is 2.15. The van der Waals surface area contributed by atoms with E-state index in [0.29, 0.717) is 5.57 Å². The molecule has 1 aliphatic heterocycles. The average molecular weight is 219 g/mol. The normalized spacial score (nSPS) is 23.3. The van der Waals surface area contributed by atoms with Crippen LogP contribution in [-0.2, 0) is 4.79 Å². The number of hydrogen-bond acceptors (Lipinski definition) is 3. The minimum Gasteiger partial charge on any atom is -0.366 e. The standard InChI is InChI=1S/C6H7BrN2O2/c7-5-3-4(6(8)10)1-2-9(5)11/h1-3,5,11H,(H2,8,10). The van der Waals surface area contributed by atoms with Crippen LogP contribution in [0.4, 0.5) is 0 Å². The average Bonchev–Trinajstić information content (AvgIpc) is 1.94. The van der Waals surface area contributed by atoms with Gasteiger partial charge >= 0.3 is 0 Å². The number of hydrogen-bond donors (Lipinski definition) is 2. The van der Waals surface area contributed by atoms with Gasteiger partial charge < -0.3 is 5.73 Å². The molecule has 0 aromatic rings. The van der Waals surface area contributed by atoms with Crippen molar-refractivity contribution in [2.24, 2.45) is 5.73 Å². The number of carbonyl (C=O) groups is 1. The lowest BCUT2D eigenvalue weighted by atomic mass is 10.2. The molecule has 1 aliphatic rings. The van der Waals surface area contributed by atoms with Crippen LogP contribution >= 0.6 is 15.9 Å². The molecule has 1 amide bonds. The van der Waals surface area contributed by atoms with Gasteiger partial charge in [-0.25, -0.2) is 5.06 Å². The van der Waals surface area contributed by atoms with Crippen molar-refractivity contribution in [1.82, 2.24) is 5.06 Å².